The van der Waals surface area contributed by atoms with Gasteiger partial charge in [0.15, 0.2) is 0 Å². The van der Waals surface area contributed by atoms with Gasteiger partial charge in [-0.2, -0.15) is 10.2 Å². The first kappa shape index (κ1) is 15.4. The van der Waals surface area contributed by atoms with E-state index in [2.05, 4.69) is 31.0 Å². The number of rotatable bonds is 3. The molecule has 0 bridgehead atoms. The molecule has 0 unspecified atom stereocenters. The van der Waals surface area contributed by atoms with Crippen LogP contribution in [0.4, 0.5) is 0 Å². The molecule has 5 nitrogen and oxygen atoms in total. The van der Waals surface area contributed by atoms with Crippen LogP contribution in [0.15, 0.2) is 11.3 Å². The highest BCUT2D eigenvalue weighted by Gasteiger charge is 2.19. The maximum atomic E-state index is 11.0. The number of carbonyl (C=O) groups excluding carboxylic acids is 1. The number of hydrazone groups is 1. The highest BCUT2D eigenvalue weighted by Crippen LogP contribution is 2.16. The van der Waals surface area contributed by atoms with Crippen molar-refractivity contribution in [1.82, 2.24) is 14.8 Å². The lowest BCUT2D eigenvalue weighted by atomic mass is 10.1. The summed E-state index contributed by atoms with van der Waals surface area (Å²) in [6.45, 7) is 14.0. The molecule has 1 amide bonds. The zero-order chi connectivity index (χ0) is 14.8. The largest absolute Gasteiger partial charge is 0.277 e. The Morgan fingerprint density at radius 2 is 1.84 bits per heavy atom. The van der Waals surface area contributed by atoms with Gasteiger partial charge >= 0.3 is 0 Å². The normalized spacial score (nSPS) is 13.0. The summed E-state index contributed by atoms with van der Waals surface area (Å²) < 4.78 is 1.91. The molecule has 106 valence electrons. The van der Waals surface area contributed by atoms with Crippen LogP contribution >= 0.6 is 0 Å². The van der Waals surface area contributed by atoms with Crippen molar-refractivity contribution >= 4 is 12.6 Å². The molecule has 19 heavy (non-hydrogen) atoms. The molecule has 5 heteroatoms. The van der Waals surface area contributed by atoms with Crippen molar-refractivity contribution in [3.63, 3.8) is 0 Å². The quantitative estimate of drug-likeness (QED) is 0.478. The summed E-state index contributed by atoms with van der Waals surface area (Å²) in [5.41, 5.74) is 1.43. The maximum Gasteiger partial charge on any atom is 0.230 e. The van der Waals surface area contributed by atoms with E-state index in [0.29, 0.717) is 0 Å². The molecule has 0 saturated carbocycles. The second-order valence-corrected chi connectivity index (χ2v) is 6.65. The summed E-state index contributed by atoms with van der Waals surface area (Å²) in [4.78, 5) is 11.0. The molecule has 0 atom stereocenters. The van der Waals surface area contributed by atoms with E-state index in [0.717, 1.165) is 17.7 Å². The fraction of sp³-hybridized carbons (Fsp3) is 0.643. The van der Waals surface area contributed by atoms with Gasteiger partial charge in [-0.25, -0.2) is 5.01 Å². The lowest BCUT2D eigenvalue weighted by Gasteiger charge is -2.26. The van der Waals surface area contributed by atoms with Crippen LogP contribution in [0.5, 0.6) is 0 Å². The van der Waals surface area contributed by atoms with Crippen LogP contribution in [0, 0.1) is 6.92 Å². The lowest BCUT2D eigenvalue weighted by molar-refractivity contribution is -0.122. The Labute approximate surface area is 115 Å². The predicted molar refractivity (Wildman–Crippen MR) is 77.2 cm³/mol. The van der Waals surface area contributed by atoms with Crippen molar-refractivity contribution in [3.05, 3.63) is 17.5 Å². The topological polar surface area (TPSA) is 50.5 Å². The monoisotopic (exact) mass is 264 g/mol. The van der Waals surface area contributed by atoms with Crippen molar-refractivity contribution < 1.29 is 4.79 Å². The Morgan fingerprint density at radius 3 is 2.21 bits per heavy atom. The van der Waals surface area contributed by atoms with Crippen LogP contribution < -0.4 is 0 Å². The fourth-order valence-electron chi connectivity index (χ4n) is 1.43. The molecule has 1 rings (SSSR count). The highest BCUT2D eigenvalue weighted by molar-refractivity contribution is 5.81. The summed E-state index contributed by atoms with van der Waals surface area (Å²) in [5, 5.41) is 10.1. The Balaban J connectivity index is 3.00. The molecule has 1 aromatic rings. The smallest absolute Gasteiger partial charge is 0.230 e. The molecular formula is C14H24N4O. The molecule has 0 fully saturated rings. The van der Waals surface area contributed by atoms with Gasteiger partial charge in [-0.3, -0.25) is 9.48 Å². The van der Waals surface area contributed by atoms with E-state index in [1.807, 2.05) is 38.6 Å². The zero-order valence-corrected chi connectivity index (χ0v) is 12.9. The van der Waals surface area contributed by atoms with E-state index in [9.17, 15) is 4.79 Å². The van der Waals surface area contributed by atoms with E-state index in [-0.39, 0.29) is 11.1 Å². The summed E-state index contributed by atoms with van der Waals surface area (Å²) in [6, 6.07) is 0. The van der Waals surface area contributed by atoms with Crippen LogP contribution in [-0.2, 0) is 10.3 Å². The Kier molecular flexibility index (Phi) is 4.18. The number of hydrogen-bond donors (Lipinski definition) is 0. The number of aromatic nitrogens is 2. The van der Waals surface area contributed by atoms with Gasteiger partial charge in [0.2, 0.25) is 6.41 Å². The summed E-state index contributed by atoms with van der Waals surface area (Å²) >= 11 is 0. The first-order chi connectivity index (χ1) is 8.55. The molecule has 0 spiro atoms. The van der Waals surface area contributed by atoms with Gasteiger partial charge in [-0.05, 0) is 48.5 Å². The first-order valence-corrected chi connectivity index (χ1v) is 6.41. The second-order valence-electron chi connectivity index (χ2n) is 6.65. The third-order valence-corrected chi connectivity index (χ3v) is 2.73. The number of carbonyl (C=O) groups is 1. The number of hydrogen-bond acceptors (Lipinski definition) is 3. The molecule has 0 N–H and O–H groups in total. The fourth-order valence-corrected chi connectivity index (χ4v) is 1.43. The minimum absolute atomic E-state index is 0.0643. The molecule has 0 aliphatic heterocycles. The van der Waals surface area contributed by atoms with Gasteiger partial charge in [-0.15, -0.1) is 0 Å². The number of amides is 1. The van der Waals surface area contributed by atoms with Crippen molar-refractivity contribution in [1.29, 1.82) is 0 Å². The van der Waals surface area contributed by atoms with Crippen molar-refractivity contribution in [2.24, 2.45) is 5.10 Å². The predicted octanol–water partition coefficient (Wildman–Crippen LogP) is 2.54. The van der Waals surface area contributed by atoms with Gasteiger partial charge < -0.3 is 0 Å². The molecule has 0 aromatic carbocycles. The van der Waals surface area contributed by atoms with E-state index in [1.165, 1.54) is 5.01 Å². The molecule has 1 heterocycles. The third-order valence-electron chi connectivity index (χ3n) is 2.73. The van der Waals surface area contributed by atoms with Crippen LogP contribution in [0.3, 0.4) is 0 Å². The van der Waals surface area contributed by atoms with Gasteiger partial charge in [0.25, 0.3) is 0 Å². The first-order valence-electron chi connectivity index (χ1n) is 6.41. The van der Waals surface area contributed by atoms with Gasteiger partial charge in [0.1, 0.15) is 0 Å². The molecule has 0 aliphatic rings. The Morgan fingerprint density at radius 1 is 1.26 bits per heavy atom. The number of aryl methyl sites for hydroxylation is 1. The van der Waals surface area contributed by atoms with E-state index in [1.54, 1.807) is 6.21 Å². The van der Waals surface area contributed by atoms with Crippen molar-refractivity contribution in [2.75, 3.05) is 0 Å². The molecule has 0 radical (unpaired) electrons. The summed E-state index contributed by atoms with van der Waals surface area (Å²) in [5.74, 6) is 0. The standard InChI is InChI=1S/C14H24N4O/c1-11-12(9-17(16-11)13(2,3)4)8-15-18(10-19)14(5,6)7/h8-10H,1-7H3/b15-8+. The third kappa shape index (κ3) is 3.91. The average molecular weight is 264 g/mol. The van der Waals surface area contributed by atoms with Crippen molar-refractivity contribution in [2.45, 2.75) is 59.5 Å². The molecule has 1 aromatic heterocycles. The van der Waals surface area contributed by atoms with E-state index in [4.69, 9.17) is 0 Å². The molecule has 0 saturated heterocycles. The lowest BCUT2D eigenvalue weighted by Crippen LogP contribution is -2.36. The Bertz CT molecular complexity index is 475. The van der Waals surface area contributed by atoms with Crippen LogP contribution in [0.2, 0.25) is 0 Å². The van der Waals surface area contributed by atoms with Crippen LogP contribution in [0.25, 0.3) is 0 Å². The van der Waals surface area contributed by atoms with E-state index < -0.39 is 0 Å². The van der Waals surface area contributed by atoms with Crippen LogP contribution in [0.1, 0.15) is 52.8 Å². The minimum atomic E-state index is -0.327. The highest BCUT2D eigenvalue weighted by atomic mass is 16.1. The maximum absolute atomic E-state index is 11.0. The molecular weight excluding hydrogens is 240 g/mol. The summed E-state index contributed by atoms with van der Waals surface area (Å²) in [7, 11) is 0. The number of nitrogens with zero attached hydrogens (tertiary/aromatic N) is 4. The van der Waals surface area contributed by atoms with Crippen LogP contribution in [-0.4, -0.2) is 33.0 Å². The van der Waals surface area contributed by atoms with Gasteiger partial charge in [0.05, 0.1) is 23.0 Å². The van der Waals surface area contributed by atoms with Gasteiger partial charge in [-0.1, -0.05) is 0 Å². The van der Waals surface area contributed by atoms with Crippen molar-refractivity contribution in [3.8, 4) is 0 Å². The SMILES string of the molecule is Cc1nn(C(C)(C)C)cc1/C=N/N(C=O)C(C)(C)C. The van der Waals surface area contributed by atoms with E-state index >= 15 is 0 Å². The zero-order valence-electron chi connectivity index (χ0n) is 12.9. The second kappa shape index (κ2) is 5.15. The average Bonchev–Trinajstić information content (AvgIpc) is 2.59. The molecule has 0 aliphatic carbocycles. The minimum Gasteiger partial charge on any atom is -0.277 e. The summed E-state index contributed by atoms with van der Waals surface area (Å²) in [6.07, 6.45) is 4.37. The Hall–Kier alpha value is -1.65. The van der Waals surface area contributed by atoms with Gasteiger partial charge in [0, 0.05) is 11.8 Å².